The second kappa shape index (κ2) is 3.30. The number of nitrogens with two attached hydrogens (primary N) is 1. The van der Waals surface area contributed by atoms with E-state index >= 15 is 0 Å². The maximum atomic E-state index is 5.81. The minimum Gasteiger partial charge on any atom is -0.354 e. The molecule has 1 aliphatic heterocycles. The van der Waals surface area contributed by atoms with E-state index in [1.54, 1.807) is 6.20 Å². The van der Waals surface area contributed by atoms with E-state index in [4.69, 9.17) is 5.73 Å². The van der Waals surface area contributed by atoms with Crippen LogP contribution >= 0.6 is 0 Å². The molecule has 0 radical (unpaired) electrons. The molecule has 0 aliphatic carbocycles. The third-order valence-electron chi connectivity index (χ3n) is 2.33. The summed E-state index contributed by atoms with van der Waals surface area (Å²) in [4.78, 5) is 2.19. The Bertz CT molecular complexity index is 299. The number of hydrogen-bond donors (Lipinski definition) is 1. The van der Waals surface area contributed by atoms with E-state index in [1.807, 2.05) is 13.0 Å². The summed E-state index contributed by atoms with van der Waals surface area (Å²) in [6.07, 6.45) is 2.81. The van der Waals surface area contributed by atoms with Gasteiger partial charge < -0.3 is 10.6 Å². The molecule has 13 heavy (non-hydrogen) atoms. The van der Waals surface area contributed by atoms with Crippen molar-refractivity contribution in [3.8, 4) is 0 Å². The number of rotatable bonds is 1. The molecule has 1 aromatic heterocycles. The number of nitrogens with zero attached hydrogens (tertiary/aromatic N) is 3. The van der Waals surface area contributed by atoms with Crippen LogP contribution in [-0.2, 0) is 0 Å². The third-order valence-corrected chi connectivity index (χ3v) is 2.33. The zero-order chi connectivity index (χ0) is 9.26. The Morgan fingerprint density at radius 2 is 2.46 bits per heavy atom. The van der Waals surface area contributed by atoms with Crippen molar-refractivity contribution < 1.29 is 0 Å². The number of aromatic nitrogens is 2. The molecule has 1 atom stereocenters. The molecule has 1 aromatic rings. The zero-order valence-corrected chi connectivity index (χ0v) is 7.77. The summed E-state index contributed by atoms with van der Waals surface area (Å²) < 4.78 is 0. The van der Waals surface area contributed by atoms with Gasteiger partial charge in [-0.15, -0.1) is 5.10 Å². The molecule has 4 nitrogen and oxygen atoms in total. The lowest BCUT2D eigenvalue weighted by molar-refractivity contribution is 0.750. The largest absolute Gasteiger partial charge is 0.354 e. The Balaban J connectivity index is 2.16. The molecule has 1 aliphatic rings. The first-order valence-corrected chi connectivity index (χ1v) is 4.55. The SMILES string of the molecule is Cc1cnnc(N2CC[C@@H](N)C2)c1. The van der Waals surface area contributed by atoms with Crippen LogP contribution in [0.3, 0.4) is 0 Å². The summed E-state index contributed by atoms with van der Waals surface area (Å²) in [5.74, 6) is 0.952. The van der Waals surface area contributed by atoms with E-state index in [9.17, 15) is 0 Å². The Labute approximate surface area is 77.8 Å². The summed E-state index contributed by atoms with van der Waals surface area (Å²) in [6, 6.07) is 2.34. The summed E-state index contributed by atoms with van der Waals surface area (Å²) in [5, 5.41) is 8.00. The van der Waals surface area contributed by atoms with Crippen molar-refractivity contribution in [1.82, 2.24) is 10.2 Å². The van der Waals surface area contributed by atoms with Gasteiger partial charge in [0.1, 0.15) is 0 Å². The molecule has 2 heterocycles. The van der Waals surface area contributed by atoms with Crippen LogP contribution in [-0.4, -0.2) is 29.3 Å². The molecular formula is C9H14N4. The average Bonchev–Trinajstić information content (AvgIpc) is 2.52. The van der Waals surface area contributed by atoms with Crippen LogP contribution in [0.5, 0.6) is 0 Å². The highest BCUT2D eigenvalue weighted by Crippen LogP contribution is 2.16. The van der Waals surface area contributed by atoms with Crippen LogP contribution < -0.4 is 10.6 Å². The van der Waals surface area contributed by atoms with Crippen LogP contribution in [0.1, 0.15) is 12.0 Å². The van der Waals surface area contributed by atoms with Crippen molar-refractivity contribution in [2.75, 3.05) is 18.0 Å². The molecule has 2 rings (SSSR count). The summed E-state index contributed by atoms with van der Waals surface area (Å²) in [6.45, 7) is 3.92. The Kier molecular flexibility index (Phi) is 2.14. The van der Waals surface area contributed by atoms with Gasteiger partial charge in [0.15, 0.2) is 5.82 Å². The van der Waals surface area contributed by atoms with E-state index < -0.39 is 0 Å². The average molecular weight is 178 g/mol. The molecule has 4 heteroatoms. The van der Waals surface area contributed by atoms with Crippen LogP contribution in [0.15, 0.2) is 12.3 Å². The van der Waals surface area contributed by atoms with Gasteiger partial charge in [0.05, 0.1) is 6.20 Å². The Morgan fingerprint density at radius 3 is 3.08 bits per heavy atom. The first-order chi connectivity index (χ1) is 6.25. The highest BCUT2D eigenvalue weighted by Gasteiger charge is 2.20. The Morgan fingerprint density at radius 1 is 1.62 bits per heavy atom. The molecule has 0 amide bonds. The maximum absolute atomic E-state index is 5.81. The lowest BCUT2D eigenvalue weighted by Gasteiger charge is -2.15. The topological polar surface area (TPSA) is 55.0 Å². The van der Waals surface area contributed by atoms with E-state index in [1.165, 1.54) is 0 Å². The quantitative estimate of drug-likeness (QED) is 0.673. The smallest absolute Gasteiger partial charge is 0.151 e. The van der Waals surface area contributed by atoms with Crippen molar-refractivity contribution in [1.29, 1.82) is 0 Å². The summed E-state index contributed by atoms with van der Waals surface area (Å²) in [5.41, 5.74) is 6.95. The minimum atomic E-state index is 0.294. The molecular weight excluding hydrogens is 164 g/mol. The lowest BCUT2D eigenvalue weighted by Crippen LogP contribution is -2.27. The van der Waals surface area contributed by atoms with Crippen molar-refractivity contribution >= 4 is 5.82 Å². The fourth-order valence-electron chi connectivity index (χ4n) is 1.60. The first-order valence-electron chi connectivity index (χ1n) is 4.55. The van der Waals surface area contributed by atoms with Gasteiger partial charge in [-0.1, -0.05) is 0 Å². The van der Waals surface area contributed by atoms with Crippen LogP contribution in [0.4, 0.5) is 5.82 Å². The van der Waals surface area contributed by atoms with Crippen molar-refractivity contribution in [3.63, 3.8) is 0 Å². The van der Waals surface area contributed by atoms with Crippen LogP contribution in [0, 0.1) is 6.92 Å². The number of hydrogen-bond acceptors (Lipinski definition) is 4. The van der Waals surface area contributed by atoms with Gasteiger partial charge in [-0.2, -0.15) is 5.10 Å². The van der Waals surface area contributed by atoms with Gasteiger partial charge in [0, 0.05) is 19.1 Å². The number of anilines is 1. The van der Waals surface area contributed by atoms with Gasteiger partial charge in [-0.05, 0) is 25.0 Å². The normalized spacial score (nSPS) is 22.3. The second-order valence-corrected chi connectivity index (χ2v) is 3.59. The molecule has 2 N–H and O–H groups in total. The fraction of sp³-hybridized carbons (Fsp3) is 0.556. The number of aryl methyl sites for hydroxylation is 1. The van der Waals surface area contributed by atoms with E-state index in [2.05, 4.69) is 15.1 Å². The standard InChI is InChI=1S/C9H14N4/c1-7-4-9(12-11-5-7)13-3-2-8(10)6-13/h4-5,8H,2-3,6,10H2,1H3/t8-/m1/s1. The summed E-state index contributed by atoms with van der Waals surface area (Å²) in [7, 11) is 0. The molecule has 1 fully saturated rings. The van der Waals surface area contributed by atoms with Crippen molar-refractivity contribution in [3.05, 3.63) is 17.8 Å². The van der Waals surface area contributed by atoms with Gasteiger partial charge in [-0.25, -0.2) is 0 Å². The van der Waals surface area contributed by atoms with Gasteiger partial charge in [0.2, 0.25) is 0 Å². The van der Waals surface area contributed by atoms with Crippen molar-refractivity contribution in [2.24, 2.45) is 5.73 Å². The predicted octanol–water partition coefficient (Wildman–Crippen LogP) is 0.322. The highest BCUT2D eigenvalue weighted by atomic mass is 15.3. The fourth-order valence-corrected chi connectivity index (χ4v) is 1.60. The predicted molar refractivity (Wildman–Crippen MR) is 51.6 cm³/mol. The first kappa shape index (κ1) is 8.44. The van der Waals surface area contributed by atoms with Crippen molar-refractivity contribution in [2.45, 2.75) is 19.4 Å². The van der Waals surface area contributed by atoms with Gasteiger partial charge in [0.25, 0.3) is 0 Å². The molecule has 0 bridgehead atoms. The van der Waals surface area contributed by atoms with Gasteiger partial charge >= 0.3 is 0 Å². The van der Waals surface area contributed by atoms with Crippen LogP contribution in [0.25, 0.3) is 0 Å². The lowest BCUT2D eigenvalue weighted by atomic mass is 10.3. The molecule has 0 spiro atoms. The van der Waals surface area contributed by atoms with E-state index in [-0.39, 0.29) is 0 Å². The highest BCUT2D eigenvalue weighted by molar-refractivity contribution is 5.40. The summed E-state index contributed by atoms with van der Waals surface area (Å²) >= 11 is 0. The monoisotopic (exact) mass is 178 g/mol. The van der Waals surface area contributed by atoms with Gasteiger partial charge in [-0.3, -0.25) is 0 Å². The molecule has 0 saturated carbocycles. The molecule has 0 aromatic carbocycles. The molecule has 70 valence electrons. The second-order valence-electron chi connectivity index (χ2n) is 3.59. The van der Waals surface area contributed by atoms with Crippen LogP contribution in [0.2, 0.25) is 0 Å². The zero-order valence-electron chi connectivity index (χ0n) is 7.77. The maximum Gasteiger partial charge on any atom is 0.151 e. The van der Waals surface area contributed by atoms with E-state index in [0.717, 1.165) is 30.9 Å². The molecule has 0 unspecified atom stereocenters. The third kappa shape index (κ3) is 1.78. The Hall–Kier alpha value is -1.16. The minimum absolute atomic E-state index is 0.294. The molecule has 1 saturated heterocycles. The van der Waals surface area contributed by atoms with E-state index in [0.29, 0.717) is 6.04 Å².